The van der Waals surface area contributed by atoms with Crippen LogP contribution >= 0.6 is 0 Å². The number of hydroxylamine groups is 1. The molecule has 3 N–H and O–H groups in total. The maximum atomic E-state index is 13.0. The van der Waals surface area contributed by atoms with E-state index in [1.807, 2.05) is 5.48 Å². The molecule has 0 saturated carbocycles. The number of nitrogens with zero attached hydrogens (tertiary/aromatic N) is 1. The van der Waals surface area contributed by atoms with Crippen molar-refractivity contribution < 1.29 is 23.9 Å². The van der Waals surface area contributed by atoms with Crippen LogP contribution in [0.4, 0.5) is 14.9 Å². The highest BCUT2D eigenvalue weighted by atomic mass is 19.1. The third-order valence-electron chi connectivity index (χ3n) is 1.71. The highest BCUT2D eigenvalue weighted by molar-refractivity contribution is 5.88. The van der Waals surface area contributed by atoms with Gasteiger partial charge in [-0.15, -0.1) is 0 Å². The summed E-state index contributed by atoms with van der Waals surface area (Å²) in [6, 6.07) is 4.16. The first kappa shape index (κ1) is 13.4. The van der Waals surface area contributed by atoms with E-state index in [0.29, 0.717) is 0 Å². The smallest absolute Gasteiger partial charge is 0.343 e. The topological polar surface area (TPSA) is 111 Å². The normalized spacial score (nSPS) is 9.33. The van der Waals surface area contributed by atoms with Gasteiger partial charge < -0.3 is 10.4 Å². The van der Waals surface area contributed by atoms with Crippen LogP contribution in [-0.2, 0) is 9.63 Å². The molecule has 0 radical (unpaired) electrons. The molecule has 1 aromatic rings. The largest absolute Gasteiger partial charge is 0.479 e. The van der Waals surface area contributed by atoms with Crippen LogP contribution in [0.1, 0.15) is 5.56 Å². The van der Waals surface area contributed by atoms with Gasteiger partial charge in [0.15, 0.2) is 6.61 Å². The zero-order chi connectivity index (χ0) is 13.5. The van der Waals surface area contributed by atoms with Crippen molar-refractivity contribution in [3.05, 3.63) is 29.6 Å². The molecule has 18 heavy (non-hydrogen) atoms. The van der Waals surface area contributed by atoms with Crippen molar-refractivity contribution in [1.29, 1.82) is 5.26 Å². The molecule has 2 amide bonds. The van der Waals surface area contributed by atoms with E-state index in [4.69, 9.17) is 10.4 Å². The Kier molecular flexibility index (Phi) is 4.59. The molecule has 0 aliphatic rings. The van der Waals surface area contributed by atoms with Crippen LogP contribution in [0, 0.1) is 17.1 Å². The van der Waals surface area contributed by atoms with E-state index in [1.165, 1.54) is 6.07 Å². The van der Waals surface area contributed by atoms with E-state index in [0.717, 1.165) is 12.1 Å². The highest BCUT2D eigenvalue weighted by Gasteiger charge is 2.06. The number of hydrogen-bond donors (Lipinski definition) is 3. The van der Waals surface area contributed by atoms with Crippen LogP contribution in [0.3, 0.4) is 0 Å². The Morgan fingerprint density at radius 3 is 2.83 bits per heavy atom. The van der Waals surface area contributed by atoms with Gasteiger partial charge in [-0.3, -0.25) is 4.84 Å². The monoisotopic (exact) mass is 253 g/mol. The number of halogens is 1. The number of carbonyl (C=O) groups excluding carboxylic acids is 1. The molecule has 0 heterocycles. The summed E-state index contributed by atoms with van der Waals surface area (Å²) in [5.74, 6) is -1.95. The second kappa shape index (κ2) is 6.17. The summed E-state index contributed by atoms with van der Waals surface area (Å²) < 4.78 is 13.0. The number of amides is 2. The van der Waals surface area contributed by atoms with Crippen LogP contribution in [0.25, 0.3) is 0 Å². The molecule has 0 aliphatic carbocycles. The minimum atomic E-state index is -1.25. The van der Waals surface area contributed by atoms with Crippen molar-refractivity contribution in [3.63, 3.8) is 0 Å². The Bertz CT molecular complexity index is 512. The maximum Gasteiger partial charge on any atom is 0.343 e. The molecule has 0 aliphatic heterocycles. The number of nitrogens with one attached hydrogen (secondary N) is 2. The lowest BCUT2D eigenvalue weighted by molar-refractivity contribution is -0.143. The van der Waals surface area contributed by atoms with Gasteiger partial charge in [-0.05, 0) is 18.2 Å². The fourth-order valence-corrected chi connectivity index (χ4v) is 1.01. The third kappa shape index (κ3) is 4.07. The molecule has 0 aromatic heterocycles. The number of nitriles is 1. The fourth-order valence-electron chi connectivity index (χ4n) is 1.01. The van der Waals surface area contributed by atoms with Gasteiger partial charge in [-0.25, -0.2) is 19.5 Å². The number of rotatable bonds is 4. The van der Waals surface area contributed by atoms with Gasteiger partial charge in [0.25, 0.3) is 0 Å². The van der Waals surface area contributed by atoms with Gasteiger partial charge in [0.2, 0.25) is 0 Å². The lowest BCUT2D eigenvalue weighted by Gasteiger charge is -2.06. The molecule has 0 bridgehead atoms. The molecule has 8 heteroatoms. The molecule has 0 saturated heterocycles. The Morgan fingerprint density at radius 2 is 2.22 bits per heavy atom. The van der Waals surface area contributed by atoms with Crippen molar-refractivity contribution in [3.8, 4) is 6.07 Å². The molecule has 7 nitrogen and oxygen atoms in total. The SMILES string of the molecule is N#Cc1cc(NC(=O)NOCC(=O)O)ccc1F. The van der Waals surface area contributed by atoms with Gasteiger partial charge >= 0.3 is 12.0 Å². The van der Waals surface area contributed by atoms with Gasteiger partial charge in [0.1, 0.15) is 11.9 Å². The lowest BCUT2D eigenvalue weighted by atomic mass is 10.2. The minimum Gasteiger partial charge on any atom is -0.479 e. The van der Waals surface area contributed by atoms with E-state index in [-0.39, 0.29) is 11.3 Å². The minimum absolute atomic E-state index is 0.171. The number of carbonyl (C=O) groups is 2. The summed E-state index contributed by atoms with van der Waals surface area (Å²) in [7, 11) is 0. The molecule has 0 spiro atoms. The molecule has 0 unspecified atom stereocenters. The van der Waals surface area contributed by atoms with Gasteiger partial charge in [-0.1, -0.05) is 0 Å². The highest BCUT2D eigenvalue weighted by Crippen LogP contribution is 2.13. The van der Waals surface area contributed by atoms with Crippen LogP contribution in [0.2, 0.25) is 0 Å². The average molecular weight is 253 g/mol. The van der Waals surface area contributed by atoms with E-state index in [1.54, 1.807) is 6.07 Å². The summed E-state index contributed by atoms with van der Waals surface area (Å²) in [6.45, 7) is -0.694. The van der Waals surface area contributed by atoms with E-state index < -0.39 is 24.4 Å². The molecule has 1 rings (SSSR count). The number of hydrogen-bond acceptors (Lipinski definition) is 4. The van der Waals surface area contributed by atoms with Crippen molar-refractivity contribution >= 4 is 17.7 Å². The first-order valence-corrected chi connectivity index (χ1v) is 4.63. The van der Waals surface area contributed by atoms with Crippen LogP contribution in [-0.4, -0.2) is 23.7 Å². The predicted octanol–water partition coefficient (Wildman–Crippen LogP) is 0.835. The van der Waals surface area contributed by atoms with Crippen LogP contribution < -0.4 is 10.8 Å². The number of anilines is 1. The first-order chi connectivity index (χ1) is 8.52. The standard InChI is InChI=1S/C10H8FN3O4/c11-8-2-1-7(3-6(8)4-12)13-10(17)14-18-5-9(15)16/h1-3H,5H2,(H,15,16)(H2,13,14,17). The summed E-state index contributed by atoms with van der Waals surface area (Å²) >= 11 is 0. The predicted molar refractivity (Wildman–Crippen MR) is 56.9 cm³/mol. The molecular weight excluding hydrogens is 245 g/mol. The van der Waals surface area contributed by atoms with Crippen molar-refractivity contribution in [2.45, 2.75) is 0 Å². The summed E-state index contributed by atoms with van der Waals surface area (Å²) in [5, 5.41) is 19.0. The lowest BCUT2D eigenvalue weighted by Crippen LogP contribution is -2.30. The number of urea groups is 1. The molecular formula is C10H8FN3O4. The third-order valence-corrected chi connectivity index (χ3v) is 1.71. The fraction of sp³-hybridized carbons (Fsp3) is 0.100. The van der Waals surface area contributed by atoms with Gasteiger partial charge in [-0.2, -0.15) is 5.26 Å². The Morgan fingerprint density at radius 1 is 1.50 bits per heavy atom. The van der Waals surface area contributed by atoms with Crippen molar-refractivity contribution in [1.82, 2.24) is 5.48 Å². The van der Waals surface area contributed by atoms with E-state index in [9.17, 15) is 14.0 Å². The van der Waals surface area contributed by atoms with Gasteiger partial charge in [0.05, 0.1) is 5.56 Å². The molecule has 94 valence electrons. The van der Waals surface area contributed by atoms with E-state index >= 15 is 0 Å². The zero-order valence-electron chi connectivity index (χ0n) is 8.94. The number of carboxylic acid groups (broad SMARTS) is 1. The molecule has 0 fully saturated rings. The first-order valence-electron chi connectivity index (χ1n) is 4.63. The van der Waals surface area contributed by atoms with E-state index in [2.05, 4.69) is 10.2 Å². The number of carboxylic acids is 1. The maximum absolute atomic E-state index is 13.0. The summed E-state index contributed by atoms with van der Waals surface area (Å²) in [6.07, 6.45) is 0. The average Bonchev–Trinajstić information content (AvgIpc) is 2.31. The Hall–Kier alpha value is -2.66. The Labute approximate surface area is 101 Å². The summed E-state index contributed by atoms with van der Waals surface area (Å²) in [4.78, 5) is 25.6. The second-order valence-corrected chi connectivity index (χ2v) is 3.05. The Balaban J connectivity index is 2.55. The van der Waals surface area contributed by atoms with Crippen molar-refractivity contribution in [2.75, 3.05) is 11.9 Å². The number of benzene rings is 1. The zero-order valence-corrected chi connectivity index (χ0v) is 8.94. The second-order valence-electron chi connectivity index (χ2n) is 3.05. The molecule has 0 atom stereocenters. The quantitative estimate of drug-likeness (QED) is 0.688. The molecule has 1 aromatic carbocycles. The van der Waals surface area contributed by atoms with Gasteiger partial charge in [0, 0.05) is 5.69 Å². The van der Waals surface area contributed by atoms with Crippen LogP contribution in [0.15, 0.2) is 18.2 Å². The van der Waals surface area contributed by atoms with Crippen LogP contribution in [0.5, 0.6) is 0 Å². The number of aliphatic carboxylic acids is 1. The summed E-state index contributed by atoms with van der Waals surface area (Å²) in [5.41, 5.74) is 1.75. The van der Waals surface area contributed by atoms with Crippen molar-refractivity contribution in [2.24, 2.45) is 0 Å².